The Morgan fingerprint density at radius 3 is 2.56 bits per heavy atom. The molecule has 0 aromatic heterocycles. The molecule has 27 heavy (non-hydrogen) atoms. The monoisotopic (exact) mass is 427 g/mol. The molecule has 0 bridgehead atoms. The molecular weight excluding hydrogens is 413 g/mol. The first-order chi connectivity index (χ1) is 12.8. The van der Waals surface area contributed by atoms with Crippen LogP contribution in [-0.2, 0) is 9.59 Å². The molecule has 0 fully saturated rings. The van der Waals surface area contributed by atoms with Crippen molar-refractivity contribution < 1.29 is 14.7 Å². The Morgan fingerprint density at radius 2 is 1.81 bits per heavy atom. The molecule has 0 unspecified atom stereocenters. The smallest absolute Gasteiger partial charge is 0.240 e. The zero-order valence-electron chi connectivity index (χ0n) is 14.2. The maximum Gasteiger partial charge on any atom is 0.240 e. The van der Waals surface area contributed by atoms with Crippen molar-refractivity contribution >= 4 is 58.5 Å². The quantitative estimate of drug-likeness (QED) is 0.466. The van der Waals surface area contributed by atoms with Gasteiger partial charge in [0.15, 0.2) is 0 Å². The van der Waals surface area contributed by atoms with Crippen LogP contribution in [0.1, 0.15) is 24.0 Å². The van der Waals surface area contributed by atoms with Gasteiger partial charge in [0.2, 0.25) is 11.8 Å². The van der Waals surface area contributed by atoms with Gasteiger partial charge < -0.3 is 10.4 Å². The molecule has 6 nitrogen and oxygen atoms in total. The number of benzene rings is 2. The molecule has 0 saturated heterocycles. The number of anilines is 1. The Morgan fingerprint density at radius 1 is 1.11 bits per heavy atom. The number of phenolic OH excluding ortho intramolecular Hbond substituents is 1. The highest BCUT2D eigenvalue weighted by atomic mass is 35.5. The number of carbonyl (C=O) groups is 2. The molecule has 9 heteroatoms. The summed E-state index contributed by atoms with van der Waals surface area (Å²) in [5.74, 6) is -0.981. The molecule has 3 N–H and O–H groups in total. The first-order valence-corrected chi connectivity index (χ1v) is 8.96. The van der Waals surface area contributed by atoms with Crippen LogP contribution in [-0.4, -0.2) is 23.1 Å². The number of nitrogens with zero attached hydrogens (tertiary/aromatic N) is 1. The summed E-state index contributed by atoms with van der Waals surface area (Å²) in [6.07, 6.45) is 1.12. The van der Waals surface area contributed by atoms with Gasteiger partial charge in [0.25, 0.3) is 0 Å². The summed E-state index contributed by atoms with van der Waals surface area (Å²) in [6.45, 7) is 1.79. The minimum absolute atomic E-state index is 0.0262. The Balaban J connectivity index is 1.84. The molecule has 0 atom stereocenters. The lowest BCUT2D eigenvalue weighted by atomic mass is 10.2. The number of aromatic hydroxyl groups is 1. The van der Waals surface area contributed by atoms with E-state index >= 15 is 0 Å². The van der Waals surface area contributed by atoms with Crippen LogP contribution in [0.25, 0.3) is 0 Å². The third-order valence-corrected chi connectivity index (χ3v) is 4.49. The van der Waals surface area contributed by atoms with Gasteiger partial charge in [-0.25, -0.2) is 5.43 Å². The van der Waals surface area contributed by atoms with Crippen LogP contribution in [0.3, 0.4) is 0 Å². The number of carbonyl (C=O) groups excluding carboxylic acids is 2. The number of hydrogen-bond donors (Lipinski definition) is 3. The SMILES string of the molecule is Cc1c(Cl)cccc1NC(=O)CCC(=O)NN=Cc1cc(Cl)cc(Cl)c1O. The summed E-state index contributed by atoms with van der Waals surface area (Å²) in [4.78, 5) is 23.7. The Kier molecular flexibility index (Phi) is 7.47. The van der Waals surface area contributed by atoms with Crippen molar-refractivity contribution in [2.45, 2.75) is 19.8 Å². The summed E-state index contributed by atoms with van der Waals surface area (Å²) < 4.78 is 0. The molecular formula is C18H16Cl3N3O3. The summed E-state index contributed by atoms with van der Waals surface area (Å²) in [7, 11) is 0. The normalized spacial score (nSPS) is 10.8. The van der Waals surface area contributed by atoms with Gasteiger partial charge in [0.1, 0.15) is 5.75 Å². The Bertz CT molecular complexity index is 901. The molecule has 0 radical (unpaired) electrons. The molecule has 0 aliphatic heterocycles. The van der Waals surface area contributed by atoms with Crippen LogP contribution in [0.4, 0.5) is 5.69 Å². The second-order valence-electron chi connectivity index (χ2n) is 5.58. The molecule has 0 aliphatic rings. The van der Waals surface area contributed by atoms with Crippen molar-refractivity contribution in [1.82, 2.24) is 5.43 Å². The predicted molar refractivity (Wildman–Crippen MR) is 108 cm³/mol. The summed E-state index contributed by atoms with van der Waals surface area (Å²) in [6, 6.07) is 8.01. The number of hydrogen-bond acceptors (Lipinski definition) is 4. The third-order valence-electron chi connectivity index (χ3n) is 3.57. The average Bonchev–Trinajstić information content (AvgIpc) is 2.61. The molecule has 2 rings (SSSR count). The molecule has 2 aromatic carbocycles. The first kappa shape index (κ1) is 21.0. The number of nitrogens with one attached hydrogen (secondary N) is 2. The van der Waals surface area contributed by atoms with Crippen molar-refractivity contribution in [2.24, 2.45) is 5.10 Å². The first-order valence-electron chi connectivity index (χ1n) is 7.83. The summed E-state index contributed by atoms with van der Waals surface area (Å²) in [5.41, 5.74) is 3.87. The van der Waals surface area contributed by atoms with Crippen molar-refractivity contribution in [1.29, 1.82) is 0 Å². The fraction of sp³-hybridized carbons (Fsp3) is 0.167. The van der Waals surface area contributed by atoms with Crippen LogP contribution in [0.2, 0.25) is 15.1 Å². The highest BCUT2D eigenvalue weighted by Gasteiger charge is 2.10. The average molecular weight is 429 g/mol. The summed E-state index contributed by atoms with van der Waals surface area (Å²) in [5, 5.41) is 17.2. The fourth-order valence-electron chi connectivity index (χ4n) is 2.10. The van der Waals surface area contributed by atoms with Gasteiger partial charge >= 0.3 is 0 Å². The lowest BCUT2D eigenvalue weighted by molar-refractivity contribution is -0.124. The zero-order valence-corrected chi connectivity index (χ0v) is 16.5. The maximum absolute atomic E-state index is 12.0. The maximum atomic E-state index is 12.0. The van der Waals surface area contributed by atoms with Crippen molar-refractivity contribution in [2.75, 3.05) is 5.32 Å². The summed E-state index contributed by atoms with van der Waals surface area (Å²) >= 11 is 17.6. The largest absolute Gasteiger partial charge is 0.506 e. The van der Waals surface area contributed by atoms with Gasteiger partial charge in [-0.3, -0.25) is 9.59 Å². The standard InChI is InChI=1S/C18H16Cl3N3O3/c1-10-13(20)3-2-4-15(10)23-16(25)5-6-17(26)24-22-9-11-7-12(19)8-14(21)18(11)27/h2-4,7-9,27H,5-6H2,1H3,(H,23,25)(H,24,26). The van der Waals surface area contributed by atoms with Crippen LogP contribution in [0.15, 0.2) is 35.4 Å². The fourth-order valence-corrected chi connectivity index (χ4v) is 2.78. The molecule has 2 amide bonds. The molecule has 0 saturated carbocycles. The zero-order chi connectivity index (χ0) is 20.0. The van der Waals surface area contributed by atoms with Gasteiger partial charge in [0.05, 0.1) is 11.2 Å². The number of hydrazone groups is 1. The molecule has 142 valence electrons. The highest BCUT2D eigenvalue weighted by molar-refractivity contribution is 6.36. The van der Waals surface area contributed by atoms with E-state index in [1.165, 1.54) is 18.3 Å². The van der Waals surface area contributed by atoms with E-state index in [1.54, 1.807) is 25.1 Å². The van der Waals surface area contributed by atoms with Gasteiger partial charge in [0, 0.05) is 34.1 Å². The van der Waals surface area contributed by atoms with E-state index in [1.807, 2.05) is 0 Å². The van der Waals surface area contributed by atoms with Gasteiger partial charge in [-0.2, -0.15) is 5.10 Å². The number of amides is 2. The number of phenols is 1. The Labute approximate surface area is 171 Å². The highest BCUT2D eigenvalue weighted by Crippen LogP contribution is 2.29. The van der Waals surface area contributed by atoms with Crippen molar-refractivity contribution in [3.63, 3.8) is 0 Å². The van der Waals surface area contributed by atoms with Gasteiger partial charge in [-0.05, 0) is 36.8 Å². The number of halogens is 3. The topological polar surface area (TPSA) is 90.8 Å². The minimum Gasteiger partial charge on any atom is -0.506 e. The van der Waals surface area contributed by atoms with E-state index in [-0.39, 0.29) is 35.1 Å². The third kappa shape index (κ3) is 6.13. The van der Waals surface area contributed by atoms with E-state index < -0.39 is 5.91 Å². The van der Waals surface area contributed by atoms with E-state index in [2.05, 4.69) is 15.8 Å². The number of rotatable bonds is 6. The van der Waals surface area contributed by atoms with Crippen molar-refractivity contribution in [3.8, 4) is 5.75 Å². The van der Waals surface area contributed by atoms with E-state index in [9.17, 15) is 14.7 Å². The molecule has 0 heterocycles. The lowest BCUT2D eigenvalue weighted by Gasteiger charge is -2.09. The molecule has 0 spiro atoms. The van der Waals surface area contributed by atoms with E-state index in [0.29, 0.717) is 15.7 Å². The lowest BCUT2D eigenvalue weighted by Crippen LogP contribution is -2.20. The van der Waals surface area contributed by atoms with Crippen LogP contribution < -0.4 is 10.7 Å². The Hall–Kier alpha value is -2.28. The van der Waals surface area contributed by atoms with E-state index in [4.69, 9.17) is 34.8 Å². The van der Waals surface area contributed by atoms with Crippen LogP contribution in [0, 0.1) is 6.92 Å². The van der Waals surface area contributed by atoms with Gasteiger partial charge in [-0.1, -0.05) is 40.9 Å². The van der Waals surface area contributed by atoms with Crippen molar-refractivity contribution in [3.05, 3.63) is 56.5 Å². The second kappa shape index (κ2) is 9.60. The minimum atomic E-state index is -0.461. The second-order valence-corrected chi connectivity index (χ2v) is 6.83. The molecule has 2 aromatic rings. The van der Waals surface area contributed by atoms with Crippen LogP contribution in [0.5, 0.6) is 5.75 Å². The molecule has 0 aliphatic carbocycles. The predicted octanol–water partition coefficient (Wildman–Crippen LogP) is 4.53. The van der Waals surface area contributed by atoms with Crippen LogP contribution >= 0.6 is 34.8 Å². The van der Waals surface area contributed by atoms with Gasteiger partial charge in [-0.15, -0.1) is 0 Å². The van der Waals surface area contributed by atoms with E-state index in [0.717, 1.165) is 5.56 Å².